The second-order valence-corrected chi connectivity index (χ2v) is 14.2. The van der Waals surface area contributed by atoms with Crippen LogP contribution < -0.4 is 5.73 Å². The quantitative estimate of drug-likeness (QED) is 0.0289. The minimum atomic E-state index is -4.26. The molecule has 2 atom stereocenters. The number of rotatable bonds is 37. The van der Waals surface area contributed by atoms with E-state index in [0.29, 0.717) is 13.0 Å². The molecule has 0 spiro atoms. The molecule has 0 aliphatic rings. The topological polar surface area (TPSA) is 117 Å². The van der Waals surface area contributed by atoms with Crippen LogP contribution in [-0.4, -0.2) is 49.9 Å². The highest BCUT2D eigenvalue weighted by Gasteiger charge is 2.25. The molecule has 0 saturated carbocycles. The number of phosphoric acid groups is 1. The minimum Gasteiger partial charge on any atom is -0.457 e. The highest BCUT2D eigenvalue weighted by Crippen LogP contribution is 2.43. The summed E-state index contributed by atoms with van der Waals surface area (Å²) in [5.41, 5.74) is 5.35. The van der Waals surface area contributed by atoms with Gasteiger partial charge in [-0.25, -0.2) is 4.57 Å². The van der Waals surface area contributed by atoms with Crippen molar-refractivity contribution in [1.82, 2.24) is 0 Å². The molecule has 274 valence electrons. The van der Waals surface area contributed by atoms with E-state index >= 15 is 0 Å². The predicted molar refractivity (Wildman–Crippen MR) is 192 cm³/mol. The Morgan fingerprint density at radius 3 is 1.59 bits per heavy atom. The fourth-order valence-corrected chi connectivity index (χ4v) is 6.11. The maximum Gasteiger partial charge on any atom is 0.472 e. The van der Waals surface area contributed by atoms with Gasteiger partial charge in [0.1, 0.15) is 6.10 Å². The molecule has 0 aromatic heterocycles. The number of hydrogen-bond acceptors (Lipinski definition) is 7. The summed E-state index contributed by atoms with van der Waals surface area (Å²) >= 11 is 0. The standard InChI is InChI=1S/C37H74NO7P/c1-3-5-7-9-11-13-15-16-17-18-19-20-21-23-25-27-29-32-42-34-36(35-44-46(40,41)43-33-31-38)45-37(39)30-28-26-24-22-14-12-10-8-6-4-2/h17-18,36H,3-16,19-35,38H2,1-2H3,(H,40,41)/b18-17-. The lowest BCUT2D eigenvalue weighted by atomic mass is 10.1. The summed E-state index contributed by atoms with van der Waals surface area (Å²) in [5, 5.41) is 0. The number of ether oxygens (including phenoxy) is 2. The zero-order chi connectivity index (χ0) is 33.8. The Labute approximate surface area is 283 Å². The van der Waals surface area contributed by atoms with Gasteiger partial charge in [0.15, 0.2) is 0 Å². The van der Waals surface area contributed by atoms with Crippen LogP contribution in [0.25, 0.3) is 0 Å². The molecule has 0 bridgehead atoms. The number of carbonyl (C=O) groups excluding carboxylic acids is 1. The lowest BCUT2D eigenvalue weighted by molar-refractivity contribution is -0.154. The van der Waals surface area contributed by atoms with E-state index in [2.05, 4.69) is 26.0 Å². The first-order chi connectivity index (χ1) is 22.4. The molecule has 0 fully saturated rings. The molecular formula is C37H74NO7P. The molecule has 0 aromatic rings. The molecular weight excluding hydrogens is 601 g/mol. The fraction of sp³-hybridized carbons (Fsp3) is 0.919. The smallest absolute Gasteiger partial charge is 0.457 e. The summed E-state index contributed by atoms with van der Waals surface area (Å²) in [4.78, 5) is 22.3. The van der Waals surface area contributed by atoms with Crippen molar-refractivity contribution in [2.45, 2.75) is 187 Å². The van der Waals surface area contributed by atoms with Crippen LogP contribution >= 0.6 is 7.82 Å². The lowest BCUT2D eigenvalue weighted by Crippen LogP contribution is -2.28. The maximum atomic E-state index is 12.5. The Kier molecular flexibility index (Phi) is 35.0. The molecule has 8 nitrogen and oxygen atoms in total. The van der Waals surface area contributed by atoms with Gasteiger partial charge in [-0.05, 0) is 38.5 Å². The third-order valence-electron chi connectivity index (χ3n) is 8.18. The first-order valence-corrected chi connectivity index (χ1v) is 20.7. The van der Waals surface area contributed by atoms with Crippen molar-refractivity contribution in [2.24, 2.45) is 5.73 Å². The van der Waals surface area contributed by atoms with Crippen LogP contribution in [0.3, 0.4) is 0 Å². The van der Waals surface area contributed by atoms with E-state index in [1.807, 2.05) is 0 Å². The number of allylic oxidation sites excluding steroid dienone is 2. The number of phosphoric ester groups is 1. The van der Waals surface area contributed by atoms with Gasteiger partial charge in [-0.1, -0.05) is 148 Å². The van der Waals surface area contributed by atoms with Gasteiger partial charge >= 0.3 is 13.8 Å². The first kappa shape index (κ1) is 45.2. The van der Waals surface area contributed by atoms with Crippen molar-refractivity contribution in [2.75, 3.05) is 33.0 Å². The average molecular weight is 676 g/mol. The van der Waals surface area contributed by atoms with Crippen molar-refractivity contribution in [3.63, 3.8) is 0 Å². The third-order valence-corrected chi connectivity index (χ3v) is 9.17. The van der Waals surface area contributed by atoms with Crippen LogP contribution in [-0.2, 0) is 27.9 Å². The molecule has 0 aliphatic carbocycles. The fourth-order valence-electron chi connectivity index (χ4n) is 5.34. The Bertz CT molecular complexity index is 722. The second kappa shape index (κ2) is 35.5. The summed E-state index contributed by atoms with van der Waals surface area (Å²) in [5.74, 6) is -0.333. The third kappa shape index (κ3) is 34.6. The predicted octanol–water partition coefficient (Wildman–Crippen LogP) is 10.7. The summed E-state index contributed by atoms with van der Waals surface area (Å²) in [6.45, 7) is 4.91. The summed E-state index contributed by atoms with van der Waals surface area (Å²) in [6.07, 6.45) is 35.1. The molecule has 0 aromatic carbocycles. The van der Waals surface area contributed by atoms with Crippen LogP contribution in [0.1, 0.15) is 181 Å². The van der Waals surface area contributed by atoms with E-state index in [0.717, 1.165) is 32.1 Å². The van der Waals surface area contributed by atoms with Gasteiger partial charge in [-0.15, -0.1) is 0 Å². The molecule has 3 N–H and O–H groups in total. The van der Waals surface area contributed by atoms with E-state index in [1.54, 1.807) is 0 Å². The van der Waals surface area contributed by atoms with E-state index in [4.69, 9.17) is 24.3 Å². The highest BCUT2D eigenvalue weighted by atomic mass is 31.2. The molecule has 9 heteroatoms. The molecule has 0 rings (SSSR count). The molecule has 0 heterocycles. The second-order valence-electron chi connectivity index (χ2n) is 12.8. The number of esters is 1. The Balaban J connectivity index is 4.03. The van der Waals surface area contributed by atoms with E-state index in [1.165, 1.54) is 128 Å². The monoisotopic (exact) mass is 676 g/mol. The zero-order valence-corrected chi connectivity index (χ0v) is 31.0. The van der Waals surface area contributed by atoms with Gasteiger partial charge in [-0.2, -0.15) is 0 Å². The van der Waals surface area contributed by atoms with Crippen molar-refractivity contribution in [1.29, 1.82) is 0 Å². The van der Waals surface area contributed by atoms with Crippen LogP contribution in [0.4, 0.5) is 0 Å². The normalized spacial score (nSPS) is 13.7. The Hall–Kier alpha value is -0.760. The first-order valence-electron chi connectivity index (χ1n) is 19.2. The van der Waals surface area contributed by atoms with Crippen LogP contribution in [0, 0.1) is 0 Å². The average Bonchev–Trinajstić information content (AvgIpc) is 3.04. The zero-order valence-electron chi connectivity index (χ0n) is 30.1. The van der Waals surface area contributed by atoms with Gasteiger partial charge in [-0.3, -0.25) is 13.8 Å². The van der Waals surface area contributed by atoms with E-state index in [9.17, 15) is 14.3 Å². The number of nitrogens with two attached hydrogens (primary N) is 1. The van der Waals surface area contributed by atoms with Crippen molar-refractivity contribution in [3.8, 4) is 0 Å². The van der Waals surface area contributed by atoms with Crippen molar-refractivity contribution in [3.05, 3.63) is 12.2 Å². The van der Waals surface area contributed by atoms with Gasteiger partial charge in [0, 0.05) is 19.6 Å². The maximum absolute atomic E-state index is 12.5. The largest absolute Gasteiger partial charge is 0.472 e. The molecule has 0 saturated heterocycles. The SMILES string of the molecule is CCCCCCCCC/C=C\CCCCCCCCOCC(COP(=O)(O)OCCN)OC(=O)CCCCCCCCCCCC. The Morgan fingerprint density at radius 1 is 0.630 bits per heavy atom. The molecule has 0 aliphatic heterocycles. The van der Waals surface area contributed by atoms with Crippen LogP contribution in [0.2, 0.25) is 0 Å². The number of hydrogen-bond donors (Lipinski definition) is 2. The number of carbonyl (C=O) groups is 1. The summed E-state index contributed by atoms with van der Waals surface area (Å²) in [7, 11) is -4.26. The Morgan fingerprint density at radius 2 is 1.09 bits per heavy atom. The van der Waals surface area contributed by atoms with Crippen LogP contribution in [0.5, 0.6) is 0 Å². The highest BCUT2D eigenvalue weighted by molar-refractivity contribution is 7.47. The summed E-state index contributed by atoms with van der Waals surface area (Å²) in [6, 6.07) is 0. The minimum absolute atomic E-state index is 0.0938. The van der Waals surface area contributed by atoms with Gasteiger partial charge in [0.25, 0.3) is 0 Å². The molecule has 0 amide bonds. The lowest BCUT2D eigenvalue weighted by Gasteiger charge is -2.20. The van der Waals surface area contributed by atoms with Crippen molar-refractivity contribution < 1.29 is 32.8 Å². The van der Waals surface area contributed by atoms with Gasteiger partial charge in [0.05, 0.1) is 19.8 Å². The molecule has 0 radical (unpaired) electrons. The van der Waals surface area contributed by atoms with Crippen molar-refractivity contribution >= 4 is 13.8 Å². The molecule has 2 unspecified atom stereocenters. The van der Waals surface area contributed by atoms with Crippen LogP contribution in [0.15, 0.2) is 12.2 Å². The number of unbranched alkanes of at least 4 members (excludes halogenated alkanes) is 22. The van der Waals surface area contributed by atoms with E-state index < -0.39 is 13.9 Å². The summed E-state index contributed by atoms with van der Waals surface area (Å²) < 4.78 is 33.2. The van der Waals surface area contributed by atoms with Gasteiger partial charge in [0.2, 0.25) is 0 Å². The molecule has 46 heavy (non-hydrogen) atoms. The van der Waals surface area contributed by atoms with Gasteiger partial charge < -0.3 is 20.1 Å². The van der Waals surface area contributed by atoms with E-state index in [-0.39, 0.29) is 32.3 Å².